The third-order valence-electron chi connectivity index (χ3n) is 5.16. The lowest BCUT2D eigenvalue weighted by atomic mass is 10.0. The molecule has 0 unspecified atom stereocenters. The van der Waals surface area contributed by atoms with Crippen molar-refractivity contribution in [3.63, 3.8) is 0 Å². The van der Waals surface area contributed by atoms with Crippen LogP contribution in [0.1, 0.15) is 31.1 Å². The minimum absolute atomic E-state index is 0.373. The number of rotatable bonds is 14. The van der Waals surface area contributed by atoms with Gasteiger partial charge in [-0.15, -0.1) is 0 Å². The number of halogens is 1. The van der Waals surface area contributed by atoms with Crippen LogP contribution in [0.2, 0.25) is 5.02 Å². The van der Waals surface area contributed by atoms with Crippen molar-refractivity contribution in [2.75, 3.05) is 52.7 Å². The van der Waals surface area contributed by atoms with Crippen LogP contribution in [0.25, 0.3) is 22.0 Å². The molecule has 8 nitrogen and oxygen atoms in total. The number of carbonyl (C=O) groups excluding carboxylic acids is 1. The first-order valence-corrected chi connectivity index (χ1v) is 12.5. The maximum atomic E-state index is 12.6. The van der Waals surface area contributed by atoms with Crippen molar-refractivity contribution in [2.24, 2.45) is 5.73 Å². The summed E-state index contributed by atoms with van der Waals surface area (Å²) in [6.45, 7) is 10.3. The van der Waals surface area contributed by atoms with Crippen molar-refractivity contribution < 1.29 is 23.7 Å². The summed E-state index contributed by atoms with van der Waals surface area (Å²) >= 11 is 6.56. The molecule has 0 saturated carbocycles. The van der Waals surface area contributed by atoms with E-state index in [9.17, 15) is 4.79 Å². The SMILES string of the molecule is CC(C)(C)OC(=O)c1c[nH]c2cc(Cl)c(-c3ccc(OCCNCCOCCOCCN)cc3)cc12. The van der Waals surface area contributed by atoms with E-state index in [-0.39, 0.29) is 5.97 Å². The highest BCUT2D eigenvalue weighted by Gasteiger charge is 2.21. The first-order chi connectivity index (χ1) is 17.3. The van der Waals surface area contributed by atoms with Gasteiger partial charge in [0.2, 0.25) is 0 Å². The van der Waals surface area contributed by atoms with Gasteiger partial charge >= 0.3 is 5.97 Å². The van der Waals surface area contributed by atoms with Gasteiger partial charge in [-0.05, 0) is 50.6 Å². The second-order valence-electron chi connectivity index (χ2n) is 9.22. The molecule has 0 aliphatic heterocycles. The van der Waals surface area contributed by atoms with Gasteiger partial charge in [-0.3, -0.25) is 0 Å². The average molecular weight is 518 g/mol. The highest BCUT2D eigenvalue weighted by atomic mass is 35.5. The van der Waals surface area contributed by atoms with Crippen molar-refractivity contribution in [3.05, 3.63) is 53.2 Å². The van der Waals surface area contributed by atoms with Crippen molar-refractivity contribution in [3.8, 4) is 16.9 Å². The average Bonchev–Trinajstić information content (AvgIpc) is 3.24. The van der Waals surface area contributed by atoms with Gasteiger partial charge in [-0.2, -0.15) is 0 Å². The normalized spacial score (nSPS) is 11.7. The van der Waals surface area contributed by atoms with Crippen molar-refractivity contribution in [1.82, 2.24) is 10.3 Å². The summed E-state index contributed by atoms with van der Waals surface area (Å²) in [5, 5.41) is 4.63. The van der Waals surface area contributed by atoms with E-state index in [4.69, 9.17) is 36.3 Å². The van der Waals surface area contributed by atoms with Crippen LogP contribution in [0.4, 0.5) is 0 Å². The fourth-order valence-corrected chi connectivity index (χ4v) is 3.79. The third kappa shape index (κ3) is 8.50. The standard InChI is InChI=1S/C27H36ClN3O5/c1-27(2,3)36-26(32)23-18-31-25-17-24(28)21(16-22(23)25)19-4-6-20(7-5-19)35-13-10-30-9-12-34-15-14-33-11-8-29/h4-7,16-18,30-31H,8-15,29H2,1-3H3. The topological polar surface area (TPSA) is 108 Å². The number of nitrogens with two attached hydrogens (primary N) is 1. The maximum absolute atomic E-state index is 12.6. The molecule has 0 radical (unpaired) electrons. The molecule has 9 heteroatoms. The summed E-state index contributed by atoms with van der Waals surface area (Å²) < 4.78 is 22.1. The van der Waals surface area contributed by atoms with Crippen LogP contribution in [0, 0.1) is 0 Å². The Bertz CT molecular complexity index is 1110. The first kappa shape index (κ1) is 28.0. The molecule has 0 aliphatic carbocycles. The molecule has 0 aliphatic rings. The van der Waals surface area contributed by atoms with Gasteiger partial charge in [-0.25, -0.2) is 4.79 Å². The fraction of sp³-hybridized carbons (Fsp3) is 0.444. The van der Waals surface area contributed by atoms with Crippen LogP contribution in [0.5, 0.6) is 5.75 Å². The summed E-state index contributed by atoms with van der Waals surface area (Å²) in [6, 6.07) is 11.5. The van der Waals surface area contributed by atoms with Crippen molar-refractivity contribution in [1.29, 1.82) is 0 Å². The van der Waals surface area contributed by atoms with Gasteiger partial charge in [0, 0.05) is 42.3 Å². The summed E-state index contributed by atoms with van der Waals surface area (Å²) in [5.74, 6) is 0.393. The van der Waals surface area contributed by atoms with Crippen LogP contribution in [0.15, 0.2) is 42.6 Å². The Labute approximate surface area is 217 Å². The lowest BCUT2D eigenvalue weighted by molar-refractivity contribution is 0.00719. The molecule has 1 aromatic heterocycles. The van der Waals surface area contributed by atoms with E-state index in [2.05, 4.69) is 10.3 Å². The largest absolute Gasteiger partial charge is 0.492 e. The molecular weight excluding hydrogens is 482 g/mol. The van der Waals surface area contributed by atoms with E-state index in [1.807, 2.05) is 57.2 Å². The highest BCUT2D eigenvalue weighted by Crippen LogP contribution is 2.34. The number of H-pyrrole nitrogens is 1. The van der Waals surface area contributed by atoms with Gasteiger partial charge in [-0.1, -0.05) is 23.7 Å². The van der Waals surface area contributed by atoms with Crippen LogP contribution >= 0.6 is 11.6 Å². The van der Waals surface area contributed by atoms with Gasteiger partial charge in [0.15, 0.2) is 0 Å². The minimum Gasteiger partial charge on any atom is -0.492 e. The number of nitrogens with one attached hydrogen (secondary N) is 2. The maximum Gasteiger partial charge on any atom is 0.340 e. The number of esters is 1. The number of benzene rings is 2. The van der Waals surface area contributed by atoms with E-state index in [0.29, 0.717) is 56.7 Å². The number of hydrogen-bond acceptors (Lipinski definition) is 7. The molecule has 0 saturated heterocycles. The molecule has 4 N–H and O–H groups in total. The molecule has 36 heavy (non-hydrogen) atoms. The molecule has 0 atom stereocenters. The zero-order valence-electron chi connectivity index (χ0n) is 21.2. The van der Waals surface area contributed by atoms with Crippen molar-refractivity contribution in [2.45, 2.75) is 26.4 Å². The number of hydrogen-bond donors (Lipinski definition) is 3. The number of carbonyl (C=O) groups is 1. The summed E-state index contributed by atoms with van der Waals surface area (Å²) in [4.78, 5) is 15.8. The molecule has 0 fully saturated rings. The Morgan fingerprint density at radius 3 is 2.39 bits per heavy atom. The molecule has 0 spiro atoms. The smallest absolute Gasteiger partial charge is 0.340 e. The van der Waals surface area contributed by atoms with Crippen LogP contribution in [-0.4, -0.2) is 69.2 Å². The molecule has 3 aromatic rings. The highest BCUT2D eigenvalue weighted by molar-refractivity contribution is 6.34. The molecule has 1 heterocycles. The van der Waals surface area contributed by atoms with E-state index in [1.165, 1.54) is 0 Å². The third-order valence-corrected chi connectivity index (χ3v) is 5.47. The van der Waals surface area contributed by atoms with Gasteiger partial charge in [0.05, 0.1) is 37.0 Å². The van der Waals surface area contributed by atoms with E-state index in [1.54, 1.807) is 6.20 Å². The van der Waals surface area contributed by atoms with Gasteiger partial charge in [0.1, 0.15) is 18.0 Å². The summed E-state index contributed by atoms with van der Waals surface area (Å²) in [5.41, 5.74) is 7.80. The number of ether oxygens (including phenoxy) is 4. The molecule has 3 rings (SSSR count). The Morgan fingerprint density at radius 2 is 1.69 bits per heavy atom. The second kappa shape index (κ2) is 13.6. The Balaban J connectivity index is 1.51. The quantitative estimate of drug-likeness (QED) is 0.215. The molecule has 2 aromatic carbocycles. The number of aromatic nitrogens is 1. The predicted molar refractivity (Wildman–Crippen MR) is 143 cm³/mol. The van der Waals surface area contributed by atoms with E-state index < -0.39 is 5.60 Å². The minimum atomic E-state index is -0.575. The monoisotopic (exact) mass is 517 g/mol. The number of aromatic amines is 1. The summed E-state index contributed by atoms with van der Waals surface area (Å²) in [7, 11) is 0. The van der Waals surface area contributed by atoms with Gasteiger partial charge in [0.25, 0.3) is 0 Å². The molecule has 0 bridgehead atoms. The van der Waals surface area contributed by atoms with Gasteiger partial charge < -0.3 is 35.0 Å². The molecular formula is C27H36ClN3O5. The first-order valence-electron chi connectivity index (χ1n) is 12.1. The molecule has 196 valence electrons. The van der Waals surface area contributed by atoms with Crippen molar-refractivity contribution >= 4 is 28.5 Å². The fourth-order valence-electron chi connectivity index (χ4n) is 3.51. The Kier molecular flexibility index (Phi) is 10.6. The van der Waals surface area contributed by atoms with Crippen LogP contribution in [0.3, 0.4) is 0 Å². The Morgan fingerprint density at radius 1 is 1.00 bits per heavy atom. The zero-order chi connectivity index (χ0) is 26.0. The number of fused-ring (bicyclic) bond motifs is 1. The Hall–Kier alpha value is -2.62. The molecule has 0 amide bonds. The van der Waals surface area contributed by atoms with E-state index >= 15 is 0 Å². The lowest BCUT2D eigenvalue weighted by Crippen LogP contribution is -2.25. The zero-order valence-corrected chi connectivity index (χ0v) is 22.0. The van der Waals surface area contributed by atoms with E-state index in [0.717, 1.165) is 34.3 Å². The summed E-state index contributed by atoms with van der Waals surface area (Å²) in [6.07, 6.45) is 1.66. The van der Waals surface area contributed by atoms with Crippen LogP contribution < -0.4 is 15.8 Å². The lowest BCUT2D eigenvalue weighted by Gasteiger charge is -2.19. The second-order valence-corrected chi connectivity index (χ2v) is 9.63. The predicted octanol–water partition coefficient (Wildman–Crippen LogP) is 4.40. The van der Waals surface area contributed by atoms with Crippen LogP contribution in [-0.2, 0) is 14.2 Å².